The molecule has 0 saturated heterocycles. The predicted molar refractivity (Wildman–Crippen MR) is 97.2 cm³/mol. The minimum atomic E-state index is -0.258. The van der Waals surface area contributed by atoms with E-state index in [1.807, 2.05) is 18.9 Å². The summed E-state index contributed by atoms with van der Waals surface area (Å²) in [5.41, 5.74) is 1.50. The van der Waals surface area contributed by atoms with E-state index < -0.39 is 0 Å². The Morgan fingerprint density at radius 3 is 2.54 bits per heavy atom. The van der Waals surface area contributed by atoms with Crippen LogP contribution in [0.25, 0.3) is 0 Å². The average Bonchev–Trinajstić information content (AvgIpc) is 2.56. The van der Waals surface area contributed by atoms with E-state index in [4.69, 9.17) is 23.2 Å². The number of rotatable bonds is 6. The van der Waals surface area contributed by atoms with Gasteiger partial charge in [0.2, 0.25) is 5.91 Å². The second kappa shape index (κ2) is 8.47. The minimum absolute atomic E-state index is 0.0770. The van der Waals surface area contributed by atoms with E-state index >= 15 is 0 Å². The van der Waals surface area contributed by atoms with Gasteiger partial charge in [0.25, 0.3) is 0 Å². The first-order valence-electron chi connectivity index (χ1n) is 7.57. The molecule has 2 aromatic rings. The first-order chi connectivity index (χ1) is 11.4. The Kier molecular flexibility index (Phi) is 6.60. The maximum Gasteiger partial charge on any atom is 0.225 e. The largest absolute Gasteiger partial charge is 0.325 e. The molecule has 0 radical (unpaired) electrons. The van der Waals surface area contributed by atoms with Crippen molar-refractivity contribution in [2.24, 2.45) is 0 Å². The lowest BCUT2D eigenvalue weighted by molar-refractivity contribution is -0.116. The summed E-state index contributed by atoms with van der Waals surface area (Å²) in [7, 11) is 1.92. The van der Waals surface area contributed by atoms with Gasteiger partial charge in [0.1, 0.15) is 5.82 Å². The number of hydrogen-bond donors (Lipinski definition) is 1. The Hall–Kier alpha value is -1.62. The number of carbonyl (C=O) groups is 1. The van der Waals surface area contributed by atoms with Crippen molar-refractivity contribution >= 4 is 34.8 Å². The number of nitrogens with one attached hydrogen (secondary N) is 1. The molecular formula is C18H19Cl2FN2O. The van der Waals surface area contributed by atoms with Gasteiger partial charge in [-0.1, -0.05) is 35.3 Å². The average molecular weight is 369 g/mol. The van der Waals surface area contributed by atoms with Gasteiger partial charge in [0.15, 0.2) is 0 Å². The van der Waals surface area contributed by atoms with Crippen LogP contribution in [0, 0.1) is 5.82 Å². The van der Waals surface area contributed by atoms with Crippen molar-refractivity contribution in [2.75, 3.05) is 18.9 Å². The van der Waals surface area contributed by atoms with E-state index in [1.165, 1.54) is 12.1 Å². The van der Waals surface area contributed by atoms with Gasteiger partial charge in [0.05, 0.1) is 10.7 Å². The van der Waals surface area contributed by atoms with Crippen LogP contribution in [0.4, 0.5) is 10.1 Å². The van der Waals surface area contributed by atoms with Crippen LogP contribution in [-0.4, -0.2) is 24.4 Å². The molecule has 1 atom stereocenters. The zero-order chi connectivity index (χ0) is 17.7. The van der Waals surface area contributed by atoms with Crippen LogP contribution in [0.1, 0.15) is 24.9 Å². The first kappa shape index (κ1) is 18.7. The second-order valence-corrected chi connectivity index (χ2v) is 6.47. The summed E-state index contributed by atoms with van der Waals surface area (Å²) in [6.07, 6.45) is 0.310. The Bertz CT molecular complexity index is 707. The first-order valence-corrected chi connectivity index (χ1v) is 8.33. The fourth-order valence-electron chi connectivity index (χ4n) is 2.27. The molecule has 1 unspecified atom stereocenters. The number of benzene rings is 2. The monoisotopic (exact) mass is 368 g/mol. The molecule has 6 heteroatoms. The molecule has 0 aromatic heterocycles. The standard InChI is InChI=1S/C18H19Cl2FN2O/c1-12(13-3-6-15(21)7-4-13)23(2)10-9-18(24)22-17-11-14(19)5-8-16(17)20/h3-8,11-12H,9-10H2,1-2H3,(H,22,24). The van der Waals surface area contributed by atoms with E-state index in [9.17, 15) is 9.18 Å². The van der Waals surface area contributed by atoms with Crippen molar-refractivity contribution in [3.8, 4) is 0 Å². The third kappa shape index (κ3) is 5.20. The van der Waals surface area contributed by atoms with E-state index in [0.717, 1.165) is 5.56 Å². The highest BCUT2D eigenvalue weighted by molar-refractivity contribution is 6.35. The molecule has 0 heterocycles. The van der Waals surface area contributed by atoms with Crippen LogP contribution in [0.2, 0.25) is 10.0 Å². The molecule has 128 valence electrons. The molecule has 0 aliphatic carbocycles. The summed E-state index contributed by atoms with van der Waals surface area (Å²) in [5.74, 6) is -0.399. The highest BCUT2D eigenvalue weighted by Gasteiger charge is 2.14. The van der Waals surface area contributed by atoms with Gasteiger partial charge in [-0.2, -0.15) is 0 Å². The molecule has 24 heavy (non-hydrogen) atoms. The zero-order valence-corrected chi connectivity index (χ0v) is 15.0. The van der Waals surface area contributed by atoms with Crippen LogP contribution >= 0.6 is 23.2 Å². The highest BCUT2D eigenvalue weighted by Crippen LogP contribution is 2.25. The Balaban J connectivity index is 1.88. The fourth-order valence-corrected chi connectivity index (χ4v) is 2.61. The molecule has 0 saturated carbocycles. The Morgan fingerprint density at radius 2 is 1.88 bits per heavy atom. The third-order valence-electron chi connectivity index (χ3n) is 3.91. The van der Waals surface area contributed by atoms with E-state index in [1.54, 1.807) is 30.3 Å². The summed E-state index contributed by atoms with van der Waals surface area (Å²) in [4.78, 5) is 14.1. The van der Waals surface area contributed by atoms with E-state index in [0.29, 0.717) is 28.7 Å². The van der Waals surface area contributed by atoms with Crippen LogP contribution < -0.4 is 5.32 Å². The number of hydrogen-bond acceptors (Lipinski definition) is 2. The molecule has 1 N–H and O–H groups in total. The van der Waals surface area contributed by atoms with Gasteiger partial charge in [-0.25, -0.2) is 4.39 Å². The molecule has 2 aromatic carbocycles. The molecular weight excluding hydrogens is 350 g/mol. The summed E-state index contributed by atoms with van der Waals surface area (Å²) in [5, 5.41) is 3.72. The maximum absolute atomic E-state index is 13.0. The highest BCUT2D eigenvalue weighted by atomic mass is 35.5. The predicted octanol–water partition coefficient (Wildman–Crippen LogP) is 5.15. The van der Waals surface area contributed by atoms with Crippen LogP contribution in [0.15, 0.2) is 42.5 Å². The fraction of sp³-hybridized carbons (Fsp3) is 0.278. The maximum atomic E-state index is 13.0. The van der Waals surface area contributed by atoms with Gasteiger partial charge in [-0.05, 0) is 49.9 Å². The van der Waals surface area contributed by atoms with Crippen molar-refractivity contribution in [3.05, 3.63) is 63.9 Å². The smallest absolute Gasteiger partial charge is 0.225 e. The van der Waals surface area contributed by atoms with Crippen LogP contribution in [0.5, 0.6) is 0 Å². The number of nitrogens with zero attached hydrogens (tertiary/aromatic N) is 1. The lowest BCUT2D eigenvalue weighted by Crippen LogP contribution is -2.27. The molecule has 1 amide bonds. The van der Waals surface area contributed by atoms with Crippen molar-refractivity contribution in [2.45, 2.75) is 19.4 Å². The number of anilines is 1. The van der Waals surface area contributed by atoms with Crippen molar-refractivity contribution < 1.29 is 9.18 Å². The molecule has 0 aliphatic heterocycles. The van der Waals surface area contributed by atoms with Gasteiger partial charge >= 0.3 is 0 Å². The second-order valence-electron chi connectivity index (χ2n) is 5.63. The minimum Gasteiger partial charge on any atom is -0.325 e. The SMILES string of the molecule is CC(c1ccc(F)cc1)N(C)CCC(=O)Nc1cc(Cl)ccc1Cl. The van der Waals surface area contributed by atoms with Gasteiger partial charge < -0.3 is 5.32 Å². The topological polar surface area (TPSA) is 32.3 Å². The van der Waals surface area contributed by atoms with E-state index in [2.05, 4.69) is 5.32 Å². The molecule has 2 rings (SSSR count). The Labute approximate surface area is 151 Å². The van der Waals surface area contributed by atoms with Crippen LogP contribution in [-0.2, 0) is 4.79 Å². The van der Waals surface area contributed by atoms with Gasteiger partial charge in [0, 0.05) is 24.0 Å². The molecule has 0 fully saturated rings. The lowest BCUT2D eigenvalue weighted by Gasteiger charge is -2.24. The van der Waals surface area contributed by atoms with Crippen LogP contribution in [0.3, 0.4) is 0 Å². The van der Waals surface area contributed by atoms with Crippen molar-refractivity contribution in [3.63, 3.8) is 0 Å². The molecule has 0 bridgehead atoms. The molecule has 0 spiro atoms. The Morgan fingerprint density at radius 1 is 1.21 bits per heavy atom. The lowest BCUT2D eigenvalue weighted by atomic mass is 10.1. The number of amides is 1. The summed E-state index contributed by atoms with van der Waals surface area (Å²) >= 11 is 11.9. The van der Waals surface area contributed by atoms with Gasteiger partial charge in [-0.15, -0.1) is 0 Å². The summed E-state index contributed by atoms with van der Waals surface area (Å²) < 4.78 is 13.0. The van der Waals surface area contributed by atoms with Crippen molar-refractivity contribution in [1.82, 2.24) is 4.90 Å². The van der Waals surface area contributed by atoms with E-state index in [-0.39, 0.29) is 17.8 Å². The number of carbonyl (C=O) groups excluding carboxylic acids is 1. The normalized spacial score (nSPS) is 12.2. The van der Waals surface area contributed by atoms with Crippen molar-refractivity contribution in [1.29, 1.82) is 0 Å². The quantitative estimate of drug-likeness (QED) is 0.763. The molecule has 0 aliphatic rings. The summed E-state index contributed by atoms with van der Waals surface area (Å²) in [6.45, 7) is 2.57. The summed E-state index contributed by atoms with van der Waals surface area (Å²) in [6, 6.07) is 11.4. The van der Waals surface area contributed by atoms with Gasteiger partial charge in [-0.3, -0.25) is 9.69 Å². The zero-order valence-electron chi connectivity index (χ0n) is 13.5. The molecule has 3 nitrogen and oxygen atoms in total. The third-order valence-corrected chi connectivity index (χ3v) is 4.47. The number of halogens is 3.